The number of ether oxygens (including phenoxy) is 2. The minimum atomic E-state index is -0.156. The molecule has 2 atom stereocenters. The van der Waals surface area contributed by atoms with Crippen molar-refractivity contribution in [2.45, 2.75) is 52.2 Å². The molecule has 0 bridgehead atoms. The van der Waals surface area contributed by atoms with Gasteiger partial charge in [-0.3, -0.25) is 0 Å². The summed E-state index contributed by atoms with van der Waals surface area (Å²) in [6, 6.07) is 6.54. The van der Waals surface area contributed by atoms with Crippen LogP contribution in [0.15, 0.2) is 22.7 Å². The fourth-order valence-electron chi connectivity index (χ4n) is 2.60. The molecule has 0 saturated heterocycles. The molecule has 0 fully saturated rings. The van der Waals surface area contributed by atoms with Gasteiger partial charge in [-0.2, -0.15) is 0 Å². The molecule has 120 valence electrons. The molecule has 1 aromatic carbocycles. The van der Waals surface area contributed by atoms with E-state index in [9.17, 15) is 0 Å². The number of halogens is 1. The minimum Gasteiger partial charge on any atom is -0.496 e. The lowest BCUT2D eigenvalue weighted by atomic mass is 9.88. The van der Waals surface area contributed by atoms with Gasteiger partial charge < -0.3 is 14.8 Å². The first-order valence-electron chi connectivity index (χ1n) is 7.70. The summed E-state index contributed by atoms with van der Waals surface area (Å²) in [6.45, 7) is 10.2. The van der Waals surface area contributed by atoms with E-state index < -0.39 is 0 Å². The van der Waals surface area contributed by atoms with Crippen LogP contribution in [0, 0.1) is 0 Å². The topological polar surface area (TPSA) is 30.5 Å². The molecule has 0 radical (unpaired) electrons. The normalized spacial score (nSPS) is 15.5. The van der Waals surface area contributed by atoms with Crippen molar-refractivity contribution in [3.05, 3.63) is 28.2 Å². The summed E-state index contributed by atoms with van der Waals surface area (Å²) in [5, 5.41) is 3.58. The Kier molecular flexibility index (Phi) is 7.71. The highest BCUT2D eigenvalue weighted by atomic mass is 79.9. The summed E-state index contributed by atoms with van der Waals surface area (Å²) >= 11 is 3.56. The monoisotopic (exact) mass is 357 g/mol. The molecule has 0 aliphatic carbocycles. The second kappa shape index (κ2) is 8.76. The van der Waals surface area contributed by atoms with E-state index in [-0.39, 0.29) is 11.6 Å². The molecule has 1 aromatic rings. The van der Waals surface area contributed by atoms with Crippen molar-refractivity contribution in [1.29, 1.82) is 0 Å². The Hall–Kier alpha value is -0.580. The summed E-state index contributed by atoms with van der Waals surface area (Å²) in [7, 11) is 1.68. The van der Waals surface area contributed by atoms with Crippen molar-refractivity contribution < 1.29 is 9.47 Å². The number of methoxy groups -OCH3 is 1. The van der Waals surface area contributed by atoms with Gasteiger partial charge in [-0.05, 0) is 66.9 Å². The quantitative estimate of drug-likeness (QED) is 0.718. The van der Waals surface area contributed by atoms with Crippen LogP contribution < -0.4 is 10.1 Å². The van der Waals surface area contributed by atoms with E-state index in [1.165, 1.54) is 5.56 Å². The molecule has 0 aliphatic heterocycles. The fraction of sp³-hybridized carbons (Fsp3) is 0.647. The Balaban J connectivity index is 2.94. The Morgan fingerprint density at radius 1 is 1.29 bits per heavy atom. The maximum absolute atomic E-state index is 6.04. The molecule has 0 aromatic heterocycles. The molecule has 1 rings (SSSR count). The number of likely N-dealkylation sites (N-methyl/N-ethyl adjacent to an activating group) is 1. The van der Waals surface area contributed by atoms with Crippen molar-refractivity contribution >= 4 is 15.9 Å². The Morgan fingerprint density at radius 2 is 2.00 bits per heavy atom. The lowest BCUT2D eigenvalue weighted by Crippen LogP contribution is -2.51. The van der Waals surface area contributed by atoms with Crippen molar-refractivity contribution in [1.82, 2.24) is 5.32 Å². The van der Waals surface area contributed by atoms with Crippen LogP contribution >= 0.6 is 15.9 Å². The largest absolute Gasteiger partial charge is 0.496 e. The first-order valence-corrected chi connectivity index (χ1v) is 8.49. The van der Waals surface area contributed by atoms with Gasteiger partial charge in [-0.1, -0.05) is 19.9 Å². The highest BCUT2D eigenvalue weighted by molar-refractivity contribution is 9.10. The van der Waals surface area contributed by atoms with Crippen LogP contribution in [0.4, 0.5) is 0 Å². The predicted molar refractivity (Wildman–Crippen MR) is 92.2 cm³/mol. The Labute approximate surface area is 137 Å². The third-order valence-corrected chi connectivity index (χ3v) is 4.64. The van der Waals surface area contributed by atoms with Gasteiger partial charge >= 0.3 is 0 Å². The zero-order valence-corrected chi connectivity index (χ0v) is 15.4. The number of rotatable bonds is 9. The maximum atomic E-state index is 6.04. The van der Waals surface area contributed by atoms with Crippen molar-refractivity contribution in [2.24, 2.45) is 0 Å². The van der Waals surface area contributed by atoms with E-state index in [0.717, 1.165) is 36.2 Å². The fourth-order valence-corrected chi connectivity index (χ4v) is 3.19. The summed E-state index contributed by atoms with van der Waals surface area (Å²) in [4.78, 5) is 0. The van der Waals surface area contributed by atoms with E-state index in [0.29, 0.717) is 0 Å². The number of hydrogen-bond donors (Lipinski definition) is 1. The van der Waals surface area contributed by atoms with Crippen LogP contribution in [0.1, 0.15) is 39.7 Å². The Bertz CT molecular complexity index is 439. The molecule has 4 heteroatoms. The van der Waals surface area contributed by atoms with Gasteiger partial charge in [0.2, 0.25) is 0 Å². The molecule has 21 heavy (non-hydrogen) atoms. The number of hydrogen-bond acceptors (Lipinski definition) is 3. The zero-order chi connectivity index (χ0) is 15.9. The highest BCUT2D eigenvalue weighted by Crippen LogP contribution is 2.28. The second-order valence-corrected chi connectivity index (χ2v) is 6.24. The molecular formula is C17H28BrNO2. The summed E-state index contributed by atoms with van der Waals surface area (Å²) < 4.78 is 12.3. The van der Waals surface area contributed by atoms with Gasteiger partial charge in [0.25, 0.3) is 0 Å². The van der Waals surface area contributed by atoms with Gasteiger partial charge in [0, 0.05) is 12.6 Å². The van der Waals surface area contributed by atoms with Crippen LogP contribution in [0.2, 0.25) is 0 Å². The summed E-state index contributed by atoms with van der Waals surface area (Å²) in [5.74, 6) is 0.863. The lowest BCUT2D eigenvalue weighted by Gasteiger charge is -2.37. The molecular weight excluding hydrogens is 330 g/mol. The molecule has 3 nitrogen and oxygen atoms in total. The second-order valence-electron chi connectivity index (χ2n) is 5.38. The van der Waals surface area contributed by atoms with Crippen molar-refractivity contribution in [2.75, 3.05) is 20.3 Å². The van der Waals surface area contributed by atoms with E-state index in [1.54, 1.807) is 7.11 Å². The summed E-state index contributed by atoms with van der Waals surface area (Å²) in [5.41, 5.74) is 1.12. The zero-order valence-electron chi connectivity index (χ0n) is 13.8. The van der Waals surface area contributed by atoms with Crippen LogP contribution in [0.5, 0.6) is 5.75 Å². The third-order valence-electron chi connectivity index (χ3n) is 4.02. The van der Waals surface area contributed by atoms with Crippen LogP contribution in [-0.2, 0) is 11.2 Å². The van der Waals surface area contributed by atoms with Gasteiger partial charge in [0.1, 0.15) is 5.75 Å². The first-order chi connectivity index (χ1) is 10.0. The number of nitrogens with one attached hydrogen (secondary N) is 1. The van der Waals surface area contributed by atoms with Gasteiger partial charge in [-0.25, -0.2) is 0 Å². The molecule has 1 N–H and O–H groups in total. The molecule has 2 unspecified atom stereocenters. The van der Waals surface area contributed by atoms with E-state index >= 15 is 0 Å². The standard InChI is InChI=1S/C17H28BrNO2/c1-6-17(4,21-8-3)16(19-7-2)12-13-9-10-15(20-5)14(18)11-13/h9-11,16,19H,6-8,12H2,1-5H3. The molecule has 0 amide bonds. The molecule has 0 spiro atoms. The van der Waals surface area contributed by atoms with E-state index in [4.69, 9.17) is 9.47 Å². The van der Waals surface area contributed by atoms with Crippen LogP contribution in [0.25, 0.3) is 0 Å². The Morgan fingerprint density at radius 3 is 2.48 bits per heavy atom. The smallest absolute Gasteiger partial charge is 0.133 e. The lowest BCUT2D eigenvalue weighted by molar-refractivity contribution is -0.0546. The van der Waals surface area contributed by atoms with Crippen LogP contribution in [-0.4, -0.2) is 31.9 Å². The molecule has 0 saturated carbocycles. The average Bonchev–Trinajstić information content (AvgIpc) is 2.47. The average molecular weight is 358 g/mol. The van der Waals surface area contributed by atoms with Crippen molar-refractivity contribution in [3.8, 4) is 5.75 Å². The first kappa shape index (κ1) is 18.5. The highest BCUT2D eigenvalue weighted by Gasteiger charge is 2.32. The number of benzene rings is 1. The minimum absolute atomic E-state index is 0.156. The maximum Gasteiger partial charge on any atom is 0.133 e. The van der Waals surface area contributed by atoms with Crippen molar-refractivity contribution in [3.63, 3.8) is 0 Å². The third kappa shape index (κ3) is 4.97. The molecule has 0 aliphatic rings. The SMILES string of the molecule is CCNC(Cc1ccc(OC)c(Br)c1)C(C)(CC)OCC. The molecule has 0 heterocycles. The van der Waals surface area contributed by atoms with Crippen LogP contribution in [0.3, 0.4) is 0 Å². The predicted octanol–water partition coefficient (Wildman–Crippen LogP) is 4.18. The van der Waals surface area contributed by atoms with Gasteiger partial charge in [0.05, 0.1) is 17.2 Å². The van der Waals surface area contributed by atoms with Gasteiger partial charge in [0.15, 0.2) is 0 Å². The van der Waals surface area contributed by atoms with Gasteiger partial charge in [-0.15, -0.1) is 0 Å². The van der Waals surface area contributed by atoms with E-state index in [1.807, 2.05) is 6.07 Å². The summed E-state index contributed by atoms with van der Waals surface area (Å²) in [6.07, 6.45) is 1.91. The van der Waals surface area contributed by atoms with E-state index in [2.05, 4.69) is 61.1 Å².